The zero-order valence-electron chi connectivity index (χ0n) is 10.7. The minimum absolute atomic E-state index is 0.291. The molecule has 0 spiro atoms. The first kappa shape index (κ1) is 14.9. The molecule has 1 aromatic carbocycles. The standard InChI is InChI=1S/C13H19F2NO2/c1-10-7-11(3-4-12(10)17-2)8-16-5-6-18-9-13(14)15/h3-4,7,13,16H,5-6,8-9H2,1-2H3. The number of alkyl halides is 2. The summed E-state index contributed by atoms with van der Waals surface area (Å²) in [5.74, 6) is 0.860. The molecule has 1 rings (SSSR count). The van der Waals surface area contributed by atoms with Crippen molar-refractivity contribution in [2.24, 2.45) is 0 Å². The molecule has 0 aliphatic rings. The maximum atomic E-state index is 11.8. The molecule has 1 aromatic rings. The highest BCUT2D eigenvalue weighted by atomic mass is 19.3. The molecule has 3 nitrogen and oxygen atoms in total. The minimum Gasteiger partial charge on any atom is -0.496 e. The quantitative estimate of drug-likeness (QED) is 0.727. The second-order valence-electron chi connectivity index (χ2n) is 3.95. The van der Waals surface area contributed by atoms with E-state index < -0.39 is 13.0 Å². The Morgan fingerprint density at radius 2 is 2.11 bits per heavy atom. The molecule has 0 saturated heterocycles. The number of rotatable bonds is 8. The summed E-state index contributed by atoms with van der Waals surface area (Å²) in [6.45, 7) is 3.01. The first-order valence-electron chi connectivity index (χ1n) is 5.83. The molecule has 18 heavy (non-hydrogen) atoms. The summed E-state index contributed by atoms with van der Waals surface area (Å²) in [7, 11) is 1.64. The van der Waals surface area contributed by atoms with E-state index in [2.05, 4.69) is 5.32 Å². The molecule has 0 heterocycles. The van der Waals surface area contributed by atoms with Gasteiger partial charge in [-0.3, -0.25) is 0 Å². The monoisotopic (exact) mass is 259 g/mol. The lowest BCUT2D eigenvalue weighted by Crippen LogP contribution is -2.20. The second kappa shape index (κ2) is 8.00. The van der Waals surface area contributed by atoms with Crippen LogP contribution in [0.15, 0.2) is 18.2 Å². The molecule has 0 unspecified atom stereocenters. The number of methoxy groups -OCH3 is 1. The topological polar surface area (TPSA) is 30.5 Å². The number of benzene rings is 1. The maximum absolute atomic E-state index is 11.8. The molecule has 0 aliphatic heterocycles. The van der Waals surface area contributed by atoms with Crippen LogP contribution in [0, 0.1) is 6.92 Å². The third-order valence-electron chi connectivity index (χ3n) is 2.46. The Hall–Kier alpha value is -1.20. The van der Waals surface area contributed by atoms with E-state index in [0.717, 1.165) is 16.9 Å². The van der Waals surface area contributed by atoms with E-state index in [4.69, 9.17) is 9.47 Å². The average Bonchev–Trinajstić information content (AvgIpc) is 2.33. The number of aryl methyl sites for hydroxylation is 1. The molecule has 5 heteroatoms. The number of nitrogens with one attached hydrogen (secondary N) is 1. The summed E-state index contributed by atoms with van der Waals surface area (Å²) in [6.07, 6.45) is -2.39. The molecule has 102 valence electrons. The van der Waals surface area contributed by atoms with Gasteiger partial charge in [-0.25, -0.2) is 8.78 Å². The third-order valence-corrected chi connectivity index (χ3v) is 2.46. The van der Waals surface area contributed by atoms with Crippen LogP contribution in [0.5, 0.6) is 5.75 Å². The van der Waals surface area contributed by atoms with Crippen LogP contribution in [0.1, 0.15) is 11.1 Å². The summed E-state index contributed by atoms with van der Waals surface area (Å²) in [6, 6.07) is 5.92. The van der Waals surface area contributed by atoms with Gasteiger partial charge in [0.25, 0.3) is 6.43 Å². The van der Waals surface area contributed by atoms with Crippen molar-refractivity contribution in [3.8, 4) is 5.75 Å². The largest absolute Gasteiger partial charge is 0.496 e. The van der Waals surface area contributed by atoms with Crippen molar-refractivity contribution in [3.05, 3.63) is 29.3 Å². The van der Waals surface area contributed by atoms with Crippen LogP contribution in [-0.2, 0) is 11.3 Å². The molecule has 0 aliphatic carbocycles. The van der Waals surface area contributed by atoms with Crippen LogP contribution < -0.4 is 10.1 Å². The molecule has 0 amide bonds. The average molecular weight is 259 g/mol. The number of hydrogen-bond donors (Lipinski definition) is 1. The number of ether oxygens (including phenoxy) is 2. The van der Waals surface area contributed by atoms with Crippen LogP contribution in [0.2, 0.25) is 0 Å². The summed E-state index contributed by atoms with van der Waals surface area (Å²) in [5.41, 5.74) is 2.20. The zero-order valence-corrected chi connectivity index (χ0v) is 10.7. The van der Waals surface area contributed by atoms with Crippen molar-refractivity contribution < 1.29 is 18.3 Å². The minimum atomic E-state index is -2.39. The molecular formula is C13H19F2NO2. The smallest absolute Gasteiger partial charge is 0.261 e. The van der Waals surface area contributed by atoms with Gasteiger partial charge in [0.05, 0.1) is 13.7 Å². The van der Waals surface area contributed by atoms with Gasteiger partial charge in [-0.05, 0) is 24.1 Å². The van der Waals surface area contributed by atoms with E-state index >= 15 is 0 Å². The molecule has 0 fully saturated rings. The Morgan fingerprint density at radius 3 is 2.72 bits per heavy atom. The molecule has 0 aromatic heterocycles. The fraction of sp³-hybridized carbons (Fsp3) is 0.538. The molecule has 0 saturated carbocycles. The van der Waals surface area contributed by atoms with Crippen LogP contribution >= 0.6 is 0 Å². The summed E-state index contributed by atoms with van der Waals surface area (Å²) in [5, 5.41) is 3.13. The Morgan fingerprint density at radius 1 is 1.33 bits per heavy atom. The zero-order chi connectivity index (χ0) is 13.4. The van der Waals surface area contributed by atoms with Crippen molar-refractivity contribution in [1.29, 1.82) is 0 Å². The van der Waals surface area contributed by atoms with E-state index in [-0.39, 0.29) is 0 Å². The normalized spacial score (nSPS) is 10.9. The molecular weight excluding hydrogens is 240 g/mol. The van der Waals surface area contributed by atoms with Gasteiger partial charge in [0, 0.05) is 13.1 Å². The van der Waals surface area contributed by atoms with Gasteiger partial charge in [-0.1, -0.05) is 12.1 Å². The number of hydrogen-bond acceptors (Lipinski definition) is 3. The lowest BCUT2D eigenvalue weighted by Gasteiger charge is -2.09. The van der Waals surface area contributed by atoms with Gasteiger partial charge in [0.15, 0.2) is 0 Å². The van der Waals surface area contributed by atoms with Gasteiger partial charge < -0.3 is 14.8 Å². The van der Waals surface area contributed by atoms with Crippen molar-refractivity contribution in [1.82, 2.24) is 5.32 Å². The molecule has 0 atom stereocenters. The Labute approximate surface area is 106 Å². The highest BCUT2D eigenvalue weighted by Crippen LogP contribution is 2.18. The van der Waals surface area contributed by atoms with E-state index in [1.807, 2.05) is 25.1 Å². The van der Waals surface area contributed by atoms with Gasteiger partial charge in [0.2, 0.25) is 0 Å². The first-order valence-corrected chi connectivity index (χ1v) is 5.83. The van der Waals surface area contributed by atoms with E-state index in [1.54, 1.807) is 7.11 Å². The SMILES string of the molecule is COc1ccc(CNCCOCC(F)F)cc1C. The molecule has 0 radical (unpaired) electrons. The summed E-state index contributed by atoms with van der Waals surface area (Å²) in [4.78, 5) is 0. The fourth-order valence-electron chi connectivity index (χ4n) is 1.60. The van der Waals surface area contributed by atoms with Crippen LogP contribution in [0.3, 0.4) is 0 Å². The van der Waals surface area contributed by atoms with Gasteiger partial charge in [0.1, 0.15) is 12.4 Å². The fourth-order valence-corrected chi connectivity index (χ4v) is 1.60. The Bertz CT molecular complexity index is 359. The van der Waals surface area contributed by atoms with Crippen LogP contribution in [-0.4, -0.2) is 33.3 Å². The van der Waals surface area contributed by atoms with Gasteiger partial charge >= 0.3 is 0 Å². The summed E-state index contributed by atoms with van der Waals surface area (Å²) >= 11 is 0. The molecule has 1 N–H and O–H groups in total. The van der Waals surface area contributed by atoms with Crippen molar-refractivity contribution in [3.63, 3.8) is 0 Å². The lowest BCUT2D eigenvalue weighted by atomic mass is 10.1. The maximum Gasteiger partial charge on any atom is 0.261 e. The Balaban J connectivity index is 2.21. The van der Waals surface area contributed by atoms with E-state index in [9.17, 15) is 8.78 Å². The van der Waals surface area contributed by atoms with Crippen LogP contribution in [0.4, 0.5) is 8.78 Å². The lowest BCUT2D eigenvalue weighted by molar-refractivity contribution is 0.0187. The van der Waals surface area contributed by atoms with Crippen LogP contribution in [0.25, 0.3) is 0 Å². The second-order valence-corrected chi connectivity index (χ2v) is 3.95. The van der Waals surface area contributed by atoms with E-state index in [0.29, 0.717) is 19.7 Å². The highest BCUT2D eigenvalue weighted by Gasteiger charge is 2.01. The highest BCUT2D eigenvalue weighted by molar-refractivity contribution is 5.36. The number of halogens is 2. The van der Waals surface area contributed by atoms with Gasteiger partial charge in [-0.2, -0.15) is 0 Å². The van der Waals surface area contributed by atoms with Crippen molar-refractivity contribution in [2.45, 2.75) is 19.9 Å². The van der Waals surface area contributed by atoms with Crippen molar-refractivity contribution in [2.75, 3.05) is 26.9 Å². The first-order chi connectivity index (χ1) is 8.63. The third kappa shape index (κ3) is 5.42. The molecule has 0 bridgehead atoms. The van der Waals surface area contributed by atoms with E-state index in [1.165, 1.54) is 0 Å². The predicted octanol–water partition coefficient (Wildman–Crippen LogP) is 2.37. The predicted molar refractivity (Wildman–Crippen MR) is 66.3 cm³/mol. The van der Waals surface area contributed by atoms with Crippen molar-refractivity contribution >= 4 is 0 Å². The van der Waals surface area contributed by atoms with Gasteiger partial charge in [-0.15, -0.1) is 0 Å². The Kier molecular flexibility index (Phi) is 6.60. The summed E-state index contributed by atoms with van der Waals surface area (Å²) < 4.78 is 33.5.